The van der Waals surface area contributed by atoms with Crippen LogP contribution < -0.4 is 5.32 Å². The lowest BCUT2D eigenvalue weighted by Crippen LogP contribution is -2.29. The molecule has 1 heterocycles. The molecule has 0 spiro atoms. The van der Waals surface area contributed by atoms with Gasteiger partial charge in [0.1, 0.15) is 0 Å². The second-order valence-electron chi connectivity index (χ2n) is 6.96. The number of allylic oxidation sites excluding steroid dienone is 2. The Balaban J connectivity index is 1.75. The Morgan fingerprint density at radius 2 is 2.11 bits per heavy atom. The second-order valence-corrected chi connectivity index (χ2v) is 7.37. The topological polar surface area (TPSA) is 81.5 Å². The quantitative estimate of drug-likeness (QED) is 0.329. The van der Waals surface area contributed by atoms with Gasteiger partial charge >= 0.3 is 5.97 Å². The monoisotopic (exact) mass is 398 g/mol. The molecule has 3 atom stereocenters. The fourth-order valence-corrected chi connectivity index (χ4v) is 4.36. The molecule has 28 heavy (non-hydrogen) atoms. The molecular formula is C21H19ClN2O4. The van der Waals surface area contributed by atoms with Gasteiger partial charge in [0.05, 0.1) is 23.1 Å². The third kappa shape index (κ3) is 3.14. The first-order chi connectivity index (χ1) is 13.5. The van der Waals surface area contributed by atoms with Gasteiger partial charge in [0.25, 0.3) is 5.69 Å². The molecule has 4 rings (SSSR count). The van der Waals surface area contributed by atoms with Crippen LogP contribution in [0.15, 0.2) is 48.6 Å². The lowest BCUT2D eigenvalue weighted by molar-refractivity contribution is -0.384. The summed E-state index contributed by atoms with van der Waals surface area (Å²) in [5, 5.41) is 15.2. The van der Waals surface area contributed by atoms with E-state index in [4.69, 9.17) is 16.3 Å². The van der Waals surface area contributed by atoms with Crippen LogP contribution in [-0.4, -0.2) is 17.5 Å². The predicted octanol–water partition coefficient (Wildman–Crippen LogP) is 5.25. The van der Waals surface area contributed by atoms with Crippen LogP contribution in [0.1, 0.15) is 46.8 Å². The first kappa shape index (κ1) is 18.5. The average Bonchev–Trinajstić information content (AvgIpc) is 3.17. The Morgan fingerprint density at radius 1 is 1.29 bits per heavy atom. The fourth-order valence-electron chi connectivity index (χ4n) is 4.13. The van der Waals surface area contributed by atoms with Gasteiger partial charge in [0, 0.05) is 34.3 Å². The van der Waals surface area contributed by atoms with Crippen LogP contribution in [0.5, 0.6) is 0 Å². The maximum Gasteiger partial charge on any atom is 0.338 e. The number of hydrogen-bond acceptors (Lipinski definition) is 5. The number of nitrogens with zero attached hydrogens (tertiary/aromatic N) is 1. The van der Waals surface area contributed by atoms with Crippen molar-refractivity contribution in [1.82, 2.24) is 0 Å². The first-order valence-corrected chi connectivity index (χ1v) is 9.55. The fraction of sp³-hybridized carbons (Fsp3) is 0.286. The largest absolute Gasteiger partial charge is 0.462 e. The summed E-state index contributed by atoms with van der Waals surface area (Å²) in [6.45, 7) is 2.11. The Bertz CT molecular complexity index is 988. The van der Waals surface area contributed by atoms with Crippen molar-refractivity contribution in [2.45, 2.75) is 25.3 Å². The minimum absolute atomic E-state index is 0.0205. The molecular weight excluding hydrogens is 380 g/mol. The standard InChI is InChI=1S/C21H19ClN2O4/c1-2-28-21(25)12-6-9-19-16(10-12)14-4-3-5-15(14)20(23-19)17-11-13(24(26)27)7-8-18(17)22/h3-4,6-11,14-15,20,23H,2,5H2,1H3. The Morgan fingerprint density at radius 3 is 2.86 bits per heavy atom. The number of benzene rings is 2. The van der Waals surface area contributed by atoms with Crippen molar-refractivity contribution < 1.29 is 14.5 Å². The van der Waals surface area contributed by atoms with Gasteiger partial charge in [-0.25, -0.2) is 4.79 Å². The van der Waals surface area contributed by atoms with Crippen molar-refractivity contribution >= 4 is 28.9 Å². The lowest BCUT2D eigenvalue weighted by atomic mass is 9.76. The van der Waals surface area contributed by atoms with Gasteiger partial charge in [-0.05, 0) is 49.1 Å². The number of rotatable bonds is 4. The number of fused-ring (bicyclic) bond motifs is 3. The molecule has 1 aliphatic carbocycles. The van der Waals surface area contributed by atoms with Crippen molar-refractivity contribution in [2.75, 3.05) is 11.9 Å². The van der Waals surface area contributed by atoms with Crippen molar-refractivity contribution in [3.63, 3.8) is 0 Å². The van der Waals surface area contributed by atoms with Crippen LogP contribution in [0, 0.1) is 16.0 Å². The molecule has 2 aromatic rings. The van der Waals surface area contributed by atoms with E-state index in [1.807, 2.05) is 12.1 Å². The smallest absolute Gasteiger partial charge is 0.338 e. The van der Waals surface area contributed by atoms with Crippen molar-refractivity contribution in [1.29, 1.82) is 0 Å². The summed E-state index contributed by atoms with van der Waals surface area (Å²) >= 11 is 6.41. The molecule has 2 aliphatic rings. The van der Waals surface area contributed by atoms with Crippen molar-refractivity contribution in [3.05, 3.63) is 80.4 Å². The highest BCUT2D eigenvalue weighted by Crippen LogP contribution is 2.51. The van der Waals surface area contributed by atoms with Crippen LogP contribution in [0.25, 0.3) is 0 Å². The number of nitro benzene ring substituents is 1. The van der Waals surface area contributed by atoms with E-state index in [-0.39, 0.29) is 29.5 Å². The predicted molar refractivity (Wildman–Crippen MR) is 107 cm³/mol. The summed E-state index contributed by atoms with van der Waals surface area (Å²) in [7, 11) is 0. The highest BCUT2D eigenvalue weighted by atomic mass is 35.5. The maximum atomic E-state index is 12.1. The highest BCUT2D eigenvalue weighted by molar-refractivity contribution is 6.31. The van der Waals surface area contributed by atoms with Gasteiger partial charge in [0.2, 0.25) is 0 Å². The number of ether oxygens (including phenoxy) is 1. The summed E-state index contributed by atoms with van der Waals surface area (Å²) in [5.41, 5.74) is 3.19. The van der Waals surface area contributed by atoms with Crippen molar-refractivity contribution in [2.24, 2.45) is 5.92 Å². The molecule has 0 saturated heterocycles. The minimum Gasteiger partial charge on any atom is -0.462 e. The number of halogens is 1. The summed E-state index contributed by atoms with van der Waals surface area (Å²) in [5.74, 6) is -0.0805. The third-order valence-corrected chi connectivity index (χ3v) is 5.74. The second kappa shape index (κ2) is 7.28. The van der Waals surface area contributed by atoms with Crippen LogP contribution in [0.3, 0.4) is 0 Å². The van der Waals surface area contributed by atoms with Crippen molar-refractivity contribution in [3.8, 4) is 0 Å². The van der Waals surface area contributed by atoms with E-state index in [1.165, 1.54) is 6.07 Å². The Kier molecular flexibility index (Phi) is 4.81. The molecule has 1 N–H and O–H groups in total. The summed E-state index contributed by atoms with van der Waals surface area (Å²) < 4.78 is 5.11. The molecule has 3 unspecified atom stereocenters. The van der Waals surface area contributed by atoms with Crippen LogP contribution in [-0.2, 0) is 4.74 Å². The molecule has 0 radical (unpaired) electrons. The summed E-state index contributed by atoms with van der Waals surface area (Å²) in [4.78, 5) is 22.9. The number of esters is 1. The molecule has 1 aliphatic heterocycles. The SMILES string of the molecule is CCOC(=O)c1ccc2c(c1)C1C=CCC1C(c1cc([N+](=O)[O-])ccc1Cl)N2. The van der Waals surface area contributed by atoms with Gasteiger partial charge in [0.15, 0.2) is 0 Å². The highest BCUT2D eigenvalue weighted by Gasteiger charge is 2.39. The van der Waals surface area contributed by atoms with E-state index in [9.17, 15) is 14.9 Å². The average molecular weight is 399 g/mol. The number of hydrogen-bond donors (Lipinski definition) is 1. The molecule has 0 fully saturated rings. The molecule has 0 amide bonds. The zero-order valence-electron chi connectivity index (χ0n) is 15.2. The number of carbonyl (C=O) groups is 1. The third-order valence-electron chi connectivity index (χ3n) is 5.40. The Hall–Kier alpha value is -2.86. The molecule has 0 aromatic heterocycles. The zero-order valence-corrected chi connectivity index (χ0v) is 16.0. The molecule has 7 heteroatoms. The number of nitro groups is 1. The van der Waals surface area contributed by atoms with E-state index in [0.717, 1.165) is 23.2 Å². The molecule has 144 valence electrons. The molecule has 0 bridgehead atoms. The van der Waals surface area contributed by atoms with Gasteiger partial charge < -0.3 is 10.1 Å². The van der Waals surface area contributed by atoms with Gasteiger partial charge in [-0.3, -0.25) is 10.1 Å². The zero-order chi connectivity index (χ0) is 19.8. The van der Waals surface area contributed by atoms with Crippen LogP contribution in [0.2, 0.25) is 5.02 Å². The maximum absolute atomic E-state index is 12.1. The number of non-ortho nitro benzene ring substituents is 1. The number of anilines is 1. The molecule has 6 nitrogen and oxygen atoms in total. The van der Waals surface area contributed by atoms with Crippen LogP contribution in [0.4, 0.5) is 11.4 Å². The molecule has 0 saturated carbocycles. The molecule has 2 aromatic carbocycles. The normalized spacial score (nSPS) is 22.1. The Labute approximate surface area is 167 Å². The van der Waals surface area contributed by atoms with E-state index in [1.54, 1.807) is 25.1 Å². The first-order valence-electron chi connectivity index (χ1n) is 9.17. The number of nitrogens with one attached hydrogen (secondary N) is 1. The van der Waals surface area contributed by atoms with E-state index in [0.29, 0.717) is 17.2 Å². The van der Waals surface area contributed by atoms with E-state index < -0.39 is 4.92 Å². The lowest BCUT2D eigenvalue weighted by Gasteiger charge is -2.38. The van der Waals surface area contributed by atoms with Gasteiger partial charge in [-0.1, -0.05) is 23.8 Å². The minimum atomic E-state index is -0.410. The number of carbonyl (C=O) groups excluding carboxylic acids is 1. The summed E-state index contributed by atoms with van der Waals surface area (Å²) in [6.07, 6.45) is 5.07. The van der Waals surface area contributed by atoms with E-state index >= 15 is 0 Å². The van der Waals surface area contributed by atoms with E-state index in [2.05, 4.69) is 17.5 Å². The van der Waals surface area contributed by atoms with Crippen LogP contribution >= 0.6 is 11.6 Å². The summed E-state index contributed by atoms with van der Waals surface area (Å²) in [6, 6.07) is 9.85. The van der Waals surface area contributed by atoms with Gasteiger partial charge in [-0.2, -0.15) is 0 Å². The van der Waals surface area contributed by atoms with Gasteiger partial charge in [-0.15, -0.1) is 0 Å².